The maximum absolute atomic E-state index is 13.2. The summed E-state index contributed by atoms with van der Waals surface area (Å²) in [6, 6.07) is 12.1. The van der Waals surface area contributed by atoms with E-state index in [1.807, 2.05) is 13.8 Å². The summed E-state index contributed by atoms with van der Waals surface area (Å²) < 4.78 is 58.0. The molecular formula is C33H41FN2O10S2. The number of halogens is 1. The molecule has 2 aromatic rings. The summed E-state index contributed by atoms with van der Waals surface area (Å²) in [6.07, 6.45) is -3.41. The fourth-order valence-corrected chi connectivity index (χ4v) is 7.78. The number of β-lactam (4-membered cyclic amide) rings is 1. The van der Waals surface area contributed by atoms with Gasteiger partial charge in [0.2, 0.25) is 12.2 Å². The van der Waals surface area contributed by atoms with Crippen LogP contribution in [-0.2, 0) is 40.5 Å². The molecule has 3 aliphatic heterocycles. The summed E-state index contributed by atoms with van der Waals surface area (Å²) in [6.45, 7) is 12.3. The Kier molecular flexibility index (Phi) is 11.9. The minimum Gasteiger partial charge on any atom is -0.431 e. The normalized spacial score (nSPS) is 22.2. The van der Waals surface area contributed by atoms with Crippen molar-refractivity contribution >= 4 is 39.9 Å². The highest BCUT2D eigenvalue weighted by Crippen LogP contribution is 2.52. The van der Waals surface area contributed by atoms with Gasteiger partial charge in [0.25, 0.3) is 10.1 Å². The second-order valence-corrected chi connectivity index (χ2v) is 15.1. The fourth-order valence-electron chi connectivity index (χ4n) is 5.72. The van der Waals surface area contributed by atoms with Crippen molar-refractivity contribution in [3.05, 3.63) is 76.1 Å². The molecule has 0 saturated carbocycles. The van der Waals surface area contributed by atoms with Crippen molar-refractivity contribution in [3.8, 4) is 0 Å². The van der Waals surface area contributed by atoms with Gasteiger partial charge in [0.15, 0.2) is 0 Å². The van der Waals surface area contributed by atoms with Gasteiger partial charge in [-0.15, -0.1) is 11.8 Å². The second-order valence-electron chi connectivity index (χ2n) is 12.3. The lowest BCUT2D eigenvalue weighted by atomic mass is 9.79. The number of carbonyl (C=O) groups is 3. The van der Waals surface area contributed by atoms with Gasteiger partial charge in [0.1, 0.15) is 11.5 Å². The molecular weight excluding hydrogens is 667 g/mol. The van der Waals surface area contributed by atoms with Gasteiger partial charge in [0.05, 0.1) is 29.1 Å². The van der Waals surface area contributed by atoms with Crippen LogP contribution >= 0.6 is 11.8 Å². The van der Waals surface area contributed by atoms with Crippen LogP contribution in [0.5, 0.6) is 0 Å². The van der Waals surface area contributed by atoms with Gasteiger partial charge < -0.3 is 24.2 Å². The van der Waals surface area contributed by atoms with Crippen molar-refractivity contribution in [1.29, 1.82) is 0 Å². The average molecular weight is 709 g/mol. The van der Waals surface area contributed by atoms with Gasteiger partial charge in [0, 0.05) is 42.6 Å². The van der Waals surface area contributed by atoms with Crippen LogP contribution in [0.25, 0.3) is 0 Å². The number of benzene rings is 2. The third-order valence-electron chi connectivity index (χ3n) is 8.02. The maximum Gasteiger partial charge on any atom is 0.511 e. The molecule has 262 valence electrons. The molecule has 15 heteroatoms. The molecule has 5 rings (SSSR count). The number of nitrogens with zero attached hydrogens (tertiary/aromatic N) is 2. The lowest BCUT2D eigenvalue weighted by Gasteiger charge is -2.46. The molecule has 0 spiro atoms. The molecule has 3 heterocycles. The van der Waals surface area contributed by atoms with E-state index in [1.54, 1.807) is 45.0 Å². The number of hydrogen-bond donors (Lipinski definition) is 2. The first-order chi connectivity index (χ1) is 22.5. The highest BCUT2D eigenvalue weighted by Gasteiger charge is 2.60. The lowest BCUT2D eigenvalue weighted by molar-refractivity contribution is -0.174. The molecule has 2 aromatic carbocycles. The number of hydrogen-bond acceptors (Lipinski definition) is 11. The van der Waals surface area contributed by atoms with Crippen molar-refractivity contribution < 1.29 is 51.1 Å². The van der Waals surface area contributed by atoms with Crippen LogP contribution in [0.2, 0.25) is 0 Å². The lowest BCUT2D eigenvalue weighted by Crippen LogP contribution is -2.63. The van der Waals surface area contributed by atoms with Gasteiger partial charge in [-0.25, -0.2) is 14.0 Å². The summed E-state index contributed by atoms with van der Waals surface area (Å²) in [5.74, 6) is -2.12. The number of aryl methyl sites for hydroxylation is 1. The number of carbonyl (C=O) groups excluding carboxylic acids is 3. The second kappa shape index (κ2) is 15.4. The van der Waals surface area contributed by atoms with Crippen LogP contribution in [0.4, 0.5) is 9.18 Å². The zero-order valence-corrected chi connectivity index (χ0v) is 29.2. The first-order valence-electron chi connectivity index (χ1n) is 15.5. The molecule has 2 fully saturated rings. The molecule has 2 saturated heterocycles. The molecule has 0 radical (unpaired) electrons. The number of likely N-dealkylation sites (tertiary alicyclic amines) is 1. The molecule has 1 unspecified atom stereocenters. The zero-order chi connectivity index (χ0) is 35.5. The molecule has 0 aromatic heterocycles. The predicted octanol–water partition coefficient (Wildman–Crippen LogP) is 4.50. The number of rotatable bonds is 10. The van der Waals surface area contributed by atoms with E-state index in [0.717, 1.165) is 29.1 Å². The van der Waals surface area contributed by atoms with Gasteiger partial charge in [-0.05, 0) is 57.5 Å². The Bertz CT molecular complexity index is 1620. The van der Waals surface area contributed by atoms with Crippen molar-refractivity contribution in [2.24, 2.45) is 11.8 Å². The molecule has 12 nitrogen and oxygen atoms in total. The van der Waals surface area contributed by atoms with Crippen LogP contribution < -0.4 is 0 Å². The molecule has 2 N–H and O–H groups in total. The van der Waals surface area contributed by atoms with Crippen LogP contribution in [0, 0.1) is 24.6 Å². The molecule has 5 atom stereocenters. The Morgan fingerprint density at radius 3 is 2.15 bits per heavy atom. The number of ether oxygens (including phenoxy) is 3. The third-order valence-corrected chi connectivity index (χ3v) is 10.3. The Morgan fingerprint density at radius 2 is 1.60 bits per heavy atom. The van der Waals surface area contributed by atoms with E-state index in [1.165, 1.54) is 47.9 Å². The topological polar surface area (TPSA) is 160 Å². The Hall–Kier alpha value is -3.50. The van der Waals surface area contributed by atoms with Crippen molar-refractivity contribution in [3.63, 3.8) is 0 Å². The summed E-state index contributed by atoms with van der Waals surface area (Å²) in [5, 5.41) is 10.4. The number of aliphatic hydroxyl groups is 1. The van der Waals surface area contributed by atoms with Crippen molar-refractivity contribution in [1.82, 2.24) is 9.80 Å². The number of fused-ring (bicyclic) bond motifs is 1. The molecule has 3 aliphatic rings. The summed E-state index contributed by atoms with van der Waals surface area (Å²) in [5.41, 5.74) is 2.12. The molecule has 1 amide bonds. The van der Waals surface area contributed by atoms with Crippen LogP contribution in [0.3, 0.4) is 0 Å². The summed E-state index contributed by atoms with van der Waals surface area (Å²) in [7, 11) is -4.02. The van der Waals surface area contributed by atoms with E-state index in [9.17, 15) is 32.3 Å². The number of esters is 1. The first-order valence-corrected chi connectivity index (χ1v) is 17.8. The number of amides is 1. The minimum atomic E-state index is -4.02. The van der Waals surface area contributed by atoms with Gasteiger partial charge in [-0.3, -0.25) is 14.2 Å². The highest BCUT2D eigenvalue weighted by atomic mass is 32.2. The predicted molar refractivity (Wildman–Crippen MR) is 174 cm³/mol. The Labute approximate surface area is 284 Å². The monoisotopic (exact) mass is 708 g/mol. The van der Waals surface area contributed by atoms with Crippen LogP contribution in [-0.4, -0.2) is 88.8 Å². The fraction of sp³-hybridized carbons (Fsp3) is 0.485. The largest absolute Gasteiger partial charge is 0.511 e. The van der Waals surface area contributed by atoms with Gasteiger partial charge in [-0.1, -0.05) is 36.8 Å². The van der Waals surface area contributed by atoms with E-state index < -0.39 is 46.7 Å². The molecule has 0 bridgehead atoms. The smallest absolute Gasteiger partial charge is 0.431 e. The summed E-state index contributed by atoms with van der Waals surface area (Å²) in [4.78, 5) is 42.2. The van der Waals surface area contributed by atoms with E-state index in [4.69, 9.17) is 18.8 Å². The standard InChI is InChI=1S/C26H33FN2O7S.C7H8O3S/c1-13(2)34-26(33)36-16(5)35-25(32)22-23(14(3)21-20(15(4)30)24(31)29(21)22)37-19-11-28(12-19)10-17-6-8-18(27)9-7-17;1-6-2-4-7(5-3-6)11(8,9)10/h6-9,13-16,19-21,30H,10-12H2,1-5H3;2-5H,1H3,(H,8,9,10)/t14-,15-,16?,20-,21-;/m1./s1. The highest BCUT2D eigenvalue weighted by molar-refractivity contribution is 8.03. The minimum absolute atomic E-state index is 0.0666. The van der Waals surface area contributed by atoms with Crippen LogP contribution in [0.1, 0.15) is 45.7 Å². The SMILES string of the molecule is CC(C)OC(=O)OC(C)OC(=O)C1=C(SC2CN(Cc3ccc(F)cc3)C2)[C@H](C)[C@@H]2[C@@H]([C@@H](C)O)C(=O)N12.Cc1ccc(S(=O)(=O)O)cc1. The van der Waals surface area contributed by atoms with Crippen molar-refractivity contribution in [2.75, 3.05) is 13.1 Å². The molecule has 0 aliphatic carbocycles. The summed E-state index contributed by atoms with van der Waals surface area (Å²) >= 11 is 1.54. The van der Waals surface area contributed by atoms with Gasteiger partial charge in [-0.2, -0.15) is 8.42 Å². The van der Waals surface area contributed by atoms with E-state index in [-0.39, 0.29) is 39.5 Å². The zero-order valence-electron chi connectivity index (χ0n) is 27.5. The Balaban J connectivity index is 0.000000401. The number of thioether (sulfide) groups is 1. The quantitative estimate of drug-likeness (QED) is 0.154. The van der Waals surface area contributed by atoms with E-state index in [2.05, 4.69) is 4.90 Å². The van der Waals surface area contributed by atoms with E-state index >= 15 is 0 Å². The van der Waals surface area contributed by atoms with Crippen molar-refractivity contribution in [2.45, 2.75) is 82.8 Å². The Morgan fingerprint density at radius 1 is 1.00 bits per heavy atom. The maximum atomic E-state index is 13.2. The average Bonchev–Trinajstić information content (AvgIpc) is 3.19. The van der Waals surface area contributed by atoms with E-state index in [0.29, 0.717) is 6.54 Å². The molecule has 48 heavy (non-hydrogen) atoms. The number of aliphatic hydroxyl groups excluding tert-OH is 1. The van der Waals surface area contributed by atoms with Gasteiger partial charge >= 0.3 is 12.1 Å². The third kappa shape index (κ3) is 8.94. The van der Waals surface area contributed by atoms with Crippen LogP contribution in [0.15, 0.2) is 64.0 Å². The first kappa shape index (κ1) is 37.3.